The molecule has 2 rings (SSSR count). The molecule has 0 aromatic heterocycles. The molecule has 3 N–H and O–H groups in total. The Morgan fingerprint density at radius 3 is 2.60 bits per heavy atom. The first-order chi connectivity index (χ1) is 7.01. The molecule has 0 aromatic carbocycles. The SMILES string of the molecule is CCC1([C@H]2C[C@@H]2C(=O)O)NC(=O)NC1=O. The number of imide groups is 1. The van der Waals surface area contributed by atoms with Gasteiger partial charge in [0.1, 0.15) is 5.54 Å². The maximum absolute atomic E-state index is 11.6. The van der Waals surface area contributed by atoms with Gasteiger partial charge in [0.05, 0.1) is 5.92 Å². The molecular weight excluding hydrogens is 200 g/mol. The van der Waals surface area contributed by atoms with Crippen molar-refractivity contribution in [2.45, 2.75) is 25.3 Å². The van der Waals surface area contributed by atoms with E-state index in [4.69, 9.17) is 5.11 Å². The molecule has 1 aliphatic carbocycles. The van der Waals surface area contributed by atoms with Crippen molar-refractivity contribution in [3.63, 3.8) is 0 Å². The fourth-order valence-corrected chi connectivity index (χ4v) is 2.29. The predicted octanol–water partition coefficient (Wildman–Crippen LogP) is -0.305. The number of rotatable bonds is 3. The van der Waals surface area contributed by atoms with Crippen LogP contribution in [-0.2, 0) is 9.59 Å². The third-order valence-electron chi connectivity index (χ3n) is 3.27. The number of carboxylic acid groups (broad SMARTS) is 1. The molecule has 6 heteroatoms. The molecule has 3 amide bonds. The van der Waals surface area contributed by atoms with Gasteiger partial charge in [-0.2, -0.15) is 0 Å². The smallest absolute Gasteiger partial charge is 0.322 e. The van der Waals surface area contributed by atoms with Gasteiger partial charge in [0.2, 0.25) is 0 Å². The molecule has 0 spiro atoms. The number of carbonyl (C=O) groups is 3. The molecule has 1 aliphatic heterocycles. The first kappa shape index (κ1) is 9.95. The molecule has 2 fully saturated rings. The van der Waals surface area contributed by atoms with E-state index >= 15 is 0 Å². The summed E-state index contributed by atoms with van der Waals surface area (Å²) in [4.78, 5) is 33.4. The molecule has 1 unspecified atom stereocenters. The standard InChI is InChI=1S/C9H12N2O4/c1-2-9(5-3-4(5)6(12)13)7(14)10-8(15)11-9/h4-5H,2-3H2,1H3,(H,12,13)(H2,10,11,14,15)/t4-,5-,9?/m0/s1. The quantitative estimate of drug-likeness (QED) is 0.559. The number of carboxylic acids is 1. The van der Waals surface area contributed by atoms with Crippen molar-refractivity contribution in [1.29, 1.82) is 0 Å². The van der Waals surface area contributed by atoms with Crippen molar-refractivity contribution in [3.05, 3.63) is 0 Å². The summed E-state index contributed by atoms with van der Waals surface area (Å²) in [5.74, 6) is -2.08. The summed E-state index contributed by atoms with van der Waals surface area (Å²) >= 11 is 0. The fraction of sp³-hybridized carbons (Fsp3) is 0.667. The van der Waals surface area contributed by atoms with Crippen molar-refractivity contribution < 1.29 is 19.5 Å². The molecule has 0 radical (unpaired) electrons. The van der Waals surface area contributed by atoms with Crippen molar-refractivity contribution in [1.82, 2.24) is 10.6 Å². The predicted molar refractivity (Wildman–Crippen MR) is 48.9 cm³/mol. The van der Waals surface area contributed by atoms with Crippen molar-refractivity contribution >= 4 is 17.9 Å². The van der Waals surface area contributed by atoms with Crippen LogP contribution in [0.15, 0.2) is 0 Å². The van der Waals surface area contributed by atoms with E-state index in [1.807, 2.05) is 0 Å². The lowest BCUT2D eigenvalue weighted by Gasteiger charge is -2.24. The Bertz CT molecular complexity index is 354. The van der Waals surface area contributed by atoms with Gasteiger partial charge in [-0.15, -0.1) is 0 Å². The van der Waals surface area contributed by atoms with Crippen LogP contribution >= 0.6 is 0 Å². The topological polar surface area (TPSA) is 95.5 Å². The summed E-state index contributed by atoms with van der Waals surface area (Å²) in [6, 6.07) is -0.530. The Hall–Kier alpha value is -1.59. The van der Waals surface area contributed by atoms with Gasteiger partial charge in [0, 0.05) is 5.92 Å². The summed E-state index contributed by atoms with van der Waals surface area (Å²) in [6.07, 6.45) is 0.871. The first-order valence-electron chi connectivity index (χ1n) is 4.87. The molecule has 1 heterocycles. The highest BCUT2D eigenvalue weighted by Crippen LogP contribution is 2.49. The average Bonchev–Trinajstić information content (AvgIpc) is 2.89. The van der Waals surface area contributed by atoms with Crippen LogP contribution in [0.2, 0.25) is 0 Å². The van der Waals surface area contributed by atoms with E-state index in [1.165, 1.54) is 0 Å². The van der Waals surface area contributed by atoms with E-state index in [-0.39, 0.29) is 5.92 Å². The fourth-order valence-electron chi connectivity index (χ4n) is 2.29. The van der Waals surface area contributed by atoms with Crippen LogP contribution in [0.5, 0.6) is 0 Å². The minimum absolute atomic E-state index is 0.272. The van der Waals surface area contributed by atoms with Gasteiger partial charge in [-0.1, -0.05) is 6.92 Å². The van der Waals surface area contributed by atoms with Crippen LogP contribution in [0, 0.1) is 11.8 Å². The summed E-state index contributed by atoms with van der Waals surface area (Å²) in [5, 5.41) is 13.5. The molecule has 3 atom stereocenters. The molecule has 0 bridgehead atoms. The Labute approximate surface area is 86.0 Å². The molecule has 1 saturated carbocycles. The zero-order valence-electron chi connectivity index (χ0n) is 8.24. The highest BCUT2D eigenvalue weighted by Gasteiger charge is 2.62. The average molecular weight is 212 g/mol. The molecule has 15 heavy (non-hydrogen) atoms. The van der Waals surface area contributed by atoms with Crippen LogP contribution in [0.4, 0.5) is 4.79 Å². The van der Waals surface area contributed by atoms with Gasteiger partial charge in [0.15, 0.2) is 0 Å². The highest BCUT2D eigenvalue weighted by molar-refractivity contribution is 6.07. The summed E-state index contributed by atoms with van der Waals surface area (Å²) in [7, 11) is 0. The van der Waals surface area contributed by atoms with Crippen molar-refractivity contribution in [2.75, 3.05) is 0 Å². The summed E-state index contributed by atoms with van der Waals surface area (Å²) < 4.78 is 0. The minimum atomic E-state index is -1.000. The Morgan fingerprint density at radius 2 is 2.27 bits per heavy atom. The number of carbonyl (C=O) groups excluding carboxylic acids is 2. The summed E-state index contributed by atoms with van der Waals surface area (Å²) in [6.45, 7) is 1.77. The van der Waals surface area contributed by atoms with Crippen LogP contribution in [0.1, 0.15) is 19.8 Å². The van der Waals surface area contributed by atoms with Crippen LogP contribution in [-0.4, -0.2) is 28.6 Å². The van der Waals surface area contributed by atoms with E-state index in [2.05, 4.69) is 10.6 Å². The molecule has 0 aromatic rings. The monoisotopic (exact) mass is 212 g/mol. The zero-order valence-corrected chi connectivity index (χ0v) is 8.24. The third kappa shape index (κ3) is 1.28. The van der Waals surface area contributed by atoms with E-state index in [0.717, 1.165) is 0 Å². The number of hydrogen-bond donors (Lipinski definition) is 3. The number of urea groups is 1. The summed E-state index contributed by atoms with van der Waals surface area (Å²) in [5.41, 5.74) is -1.000. The molecular formula is C9H12N2O4. The van der Waals surface area contributed by atoms with Crippen molar-refractivity contribution in [2.24, 2.45) is 11.8 Å². The van der Waals surface area contributed by atoms with Gasteiger partial charge < -0.3 is 10.4 Å². The lowest BCUT2D eigenvalue weighted by molar-refractivity contribution is -0.139. The van der Waals surface area contributed by atoms with E-state index in [0.29, 0.717) is 12.8 Å². The molecule has 82 valence electrons. The van der Waals surface area contributed by atoms with Crippen LogP contribution in [0.25, 0.3) is 0 Å². The molecule has 1 saturated heterocycles. The Kier molecular flexibility index (Phi) is 1.95. The second-order valence-electron chi connectivity index (χ2n) is 4.02. The van der Waals surface area contributed by atoms with E-state index in [9.17, 15) is 14.4 Å². The van der Waals surface area contributed by atoms with Gasteiger partial charge in [0.25, 0.3) is 5.91 Å². The van der Waals surface area contributed by atoms with Crippen LogP contribution in [0.3, 0.4) is 0 Å². The normalized spacial score (nSPS) is 38.5. The van der Waals surface area contributed by atoms with E-state index in [1.54, 1.807) is 6.92 Å². The third-order valence-corrected chi connectivity index (χ3v) is 3.27. The van der Waals surface area contributed by atoms with Crippen LogP contribution < -0.4 is 10.6 Å². The highest BCUT2D eigenvalue weighted by atomic mass is 16.4. The lowest BCUT2D eigenvalue weighted by Crippen LogP contribution is -2.49. The van der Waals surface area contributed by atoms with E-state index < -0.39 is 29.4 Å². The Morgan fingerprint density at radius 1 is 1.60 bits per heavy atom. The Balaban J connectivity index is 2.21. The number of nitrogens with one attached hydrogen (secondary N) is 2. The largest absolute Gasteiger partial charge is 0.481 e. The maximum atomic E-state index is 11.6. The van der Waals surface area contributed by atoms with Gasteiger partial charge in [-0.05, 0) is 12.8 Å². The molecule has 6 nitrogen and oxygen atoms in total. The second kappa shape index (κ2) is 2.95. The van der Waals surface area contributed by atoms with Gasteiger partial charge in [-0.25, -0.2) is 4.79 Å². The van der Waals surface area contributed by atoms with Crippen molar-refractivity contribution in [3.8, 4) is 0 Å². The van der Waals surface area contributed by atoms with Gasteiger partial charge in [-0.3, -0.25) is 14.9 Å². The number of amides is 3. The maximum Gasteiger partial charge on any atom is 0.322 e. The molecule has 2 aliphatic rings. The number of hydrogen-bond acceptors (Lipinski definition) is 3. The first-order valence-corrected chi connectivity index (χ1v) is 4.87. The minimum Gasteiger partial charge on any atom is -0.481 e. The zero-order chi connectivity index (χ0) is 11.2. The van der Waals surface area contributed by atoms with Gasteiger partial charge >= 0.3 is 12.0 Å². The number of aliphatic carboxylic acids is 1. The second-order valence-corrected chi connectivity index (χ2v) is 4.02. The lowest BCUT2D eigenvalue weighted by atomic mass is 9.89.